The maximum Gasteiger partial charge on any atom is 0.332 e. The van der Waals surface area contributed by atoms with Crippen LogP contribution >= 0.6 is 0 Å². The Balaban J connectivity index is 1.93. The van der Waals surface area contributed by atoms with Crippen LogP contribution < -0.4 is 26.6 Å². The van der Waals surface area contributed by atoms with E-state index in [4.69, 9.17) is 10.5 Å². The Morgan fingerprint density at radius 2 is 1.94 bits per heavy atom. The van der Waals surface area contributed by atoms with Gasteiger partial charge in [-0.3, -0.25) is 23.5 Å². The third-order valence-electron chi connectivity index (χ3n) is 5.80. The number of imidazole rings is 1. The Morgan fingerprint density at radius 1 is 1.20 bits per heavy atom. The molecule has 1 aromatic carbocycles. The molecule has 1 unspecified atom stereocenters. The molecule has 0 radical (unpaired) electrons. The van der Waals surface area contributed by atoms with E-state index in [1.54, 1.807) is 31.7 Å². The van der Waals surface area contributed by atoms with E-state index in [1.165, 1.54) is 9.13 Å². The van der Waals surface area contributed by atoms with E-state index >= 15 is 0 Å². The molecular formula is C25H29N7O3. The molecule has 0 aliphatic carbocycles. The molecule has 0 aliphatic heterocycles. The fraction of sp³-hybridized carbons (Fsp3) is 0.360. The first kappa shape index (κ1) is 24.0. The molecule has 3 aromatic heterocycles. The largest absolute Gasteiger partial charge is 0.496 e. The number of pyridine rings is 1. The standard InChI is InChI=1S/C25H29N7O3/c1-6-7-12-31-21-22(28-24(31)29(3)14-16(2)26)30(4)25(34)32(23(21)33)15-17-13-20(35-5)18-10-8-9-11-19(18)27-17/h8-11,13,16H,12,14-15,26H2,1-5H3. The van der Waals surface area contributed by atoms with Gasteiger partial charge in [0.15, 0.2) is 11.2 Å². The Bertz CT molecular complexity index is 1580. The summed E-state index contributed by atoms with van der Waals surface area (Å²) < 4.78 is 9.82. The van der Waals surface area contributed by atoms with Crippen LogP contribution in [-0.4, -0.2) is 50.4 Å². The van der Waals surface area contributed by atoms with Gasteiger partial charge in [0.2, 0.25) is 5.95 Å². The van der Waals surface area contributed by atoms with Crippen molar-refractivity contribution in [3.8, 4) is 17.6 Å². The van der Waals surface area contributed by atoms with Gasteiger partial charge in [-0.05, 0) is 26.0 Å². The summed E-state index contributed by atoms with van der Waals surface area (Å²) in [6.45, 7) is 4.38. The number of likely N-dealkylation sites (N-methyl/N-ethyl adjacent to an activating group) is 1. The van der Waals surface area contributed by atoms with Crippen molar-refractivity contribution < 1.29 is 4.74 Å². The summed E-state index contributed by atoms with van der Waals surface area (Å²) in [7, 11) is 5.03. The second-order valence-corrected chi connectivity index (χ2v) is 8.52. The second-order valence-electron chi connectivity index (χ2n) is 8.52. The monoisotopic (exact) mass is 475 g/mol. The van der Waals surface area contributed by atoms with Gasteiger partial charge >= 0.3 is 5.69 Å². The van der Waals surface area contributed by atoms with Crippen LogP contribution in [0.2, 0.25) is 0 Å². The third kappa shape index (κ3) is 4.38. The lowest BCUT2D eigenvalue weighted by Gasteiger charge is -2.20. The van der Waals surface area contributed by atoms with Crippen molar-refractivity contribution in [2.24, 2.45) is 12.8 Å². The van der Waals surface area contributed by atoms with Crippen LogP contribution in [0, 0.1) is 11.8 Å². The van der Waals surface area contributed by atoms with Crippen molar-refractivity contribution in [2.45, 2.75) is 33.0 Å². The van der Waals surface area contributed by atoms with E-state index in [1.807, 2.05) is 43.1 Å². The first-order valence-corrected chi connectivity index (χ1v) is 11.3. The summed E-state index contributed by atoms with van der Waals surface area (Å²) >= 11 is 0. The number of aryl methyl sites for hydroxylation is 1. The Morgan fingerprint density at radius 3 is 2.63 bits per heavy atom. The first-order valence-electron chi connectivity index (χ1n) is 11.3. The maximum absolute atomic E-state index is 13.7. The summed E-state index contributed by atoms with van der Waals surface area (Å²) in [5.74, 6) is 7.02. The van der Waals surface area contributed by atoms with Crippen LogP contribution in [0.1, 0.15) is 19.5 Å². The molecule has 182 valence electrons. The van der Waals surface area contributed by atoms with E-state index in [0.717, 1.165) is 10.9 Å². The number of nitrogens with zero attached hydrogens (tertiary/aromatic N) is 6. The lowest BCUT2D eigenvalue weighted by Crippen LogP contribution is -2.40. The van der Waals surface area contributed by atoms with E-state index < -0.39 is 11.2 Å². The molecule has 0 spiro atoms. The molecule has 10 nitrogen and oxygen atoms in total. The zero-order valence-electron chi connectivity index (χ0n) is 20.6. The van der Waals surface area contributed by atoms with Gasteiger partial charge in [0.05, 0.1) is 31.4 Å². The number of para-hydroxylation sites is 1. The first-order chi connectivity index (χ1) is 16.8. The van der Waals surface area contributed by atoms with E-state index in [-0.39, 0.29) is 19.1 Å². The normalized spacial score (nSPS) is 11.9. The molecule has 0 saturated carbocycles. The third-order valence-corrected chi connectivity index (χ3v) is 5.80. The summed E-state index contributed by atoms with van der Waals surface area (Å²) in [5, 5.41) is 0.854. The van der Waals surface area contributed by atoms with Gasteiger partial charge in [0.1, 0.15) is 5.75 Å². The summed E-state index contributed by atoms with van der Waals surface area (Å²) in [6, 6.07) is 9.20. The molecule has 3 heterocycles. The summed E-state index contributed by atoms with van der Waals surface area (Å²) in [4.78, 5) is 38.1. The van der Waals surface area contributed by atoms with Crippen LogP contribution in [0.4, 0.5) is 5.95 Å². The van der Waals surface area contributed by atoms with Gasteiger partial charge in [0, 0.05) is 38.1 Å². The number of hydrogen-bond donors (Lipinski definition) is 1. The van der Waals surface area contributed by atoms with Gasteiger partial charge in [-0.2, -0.15) is 4.98 Å². The Hall–Kier alpha value is -4.10. The number of aromatic nitrogens is 5. The van der Waals surface area contributed by atoms with E-state index in [0.29, 0.717) is 35.1 Å². The lowest BCUT2D eigenvalue weighted by atomic mass is 10.2. The van der Waals surface area contributed by atoms with E-state index in [9.17, 15) is 9.59 Å². The number of rotatable bonds is 7. The highest BCUT2D eigenvalue weighted by molar-refractivity contribution is 5.85. The molecule has 0 aliphatic rings. The van der Waals surface area contributed by atoms with Gasteiger partial charge in [0.25, 0.3) is 5.56 Å². The minimum absolute atomic E-state index is 0.0156. The molecule has 0 bridgehead atoms. The summed E-state index contributed by atoms with van der Waals surface area (Å²) in [5.41, 5.74) is 6.90. The maximum atomic E-state index is 13.7. The van der Waals surface area contributed by atoms with Crippen molar-refractivity contribution >= 4 is 28.0 Å². The zero-order valence-corrected chi connectivity index (χ0v) is 20.6. The van der Waals surface area contributed by atoms with Crippen molar-refractivity contribution in [3.05, 3.63) is 56.9 Å². The van der Waals surface area contributed by atoms with Crippen molar-refractivity contribution in [1.82, 2.24) is 23.7 Å². The van der Waals surface area contributed by atoms with Gasteiger partial charge in [-0.25, -0.2) is 4.79 Å². The predicted octanol–water partition coefficient (Wildman–Crippen LogP) is 1.31. The van der Waals surface area contributed by atoms with Crippen molar-refractivity contribution in [2.75, 3.05) is 25.6 Å². The Kier molecular flexibility index (Phi) is 6.62. The number of methoxy groups -OCH3 is 1. The quantitative estimate of drug-likeness (QED) is 0.401. The molecular weight excluding hydrogens is 446 g/mol. The highest BCUT2D eigenvalue weighted by atomic mass is 16.5. The minimum atomic E-state index is -0.482. The highest BCUT2D eigenvalue weighted by Gasteiger charge is 2.23. The minimum Gasteiger partial charge on any atom is -0.496 e. The second kappa shape index (κ2) is 9.64. The molecule has 35 heavy (non-hydrogen) atoms. The zero-order chi connectivity index (χ0) is 25.3. The number of hydrogen-bond acceptors (Lipinski definition) is 7. The van der Waals surface area contributed by atoms with Crippen LogP contribution in [0.3, 0.4) is 0 Å². The molecule has 4 rings (SSSR count). The Labute approximate surface area is 202 Å². The number of fused-ring (bicyclic) bond motifs is 2. The number of ether oxygens (including phenoxy) is 1. The van der Waals surface area contributed by atoms with Crippen LogP contribution in [0.5, 0.6) is 5.75 Å². The fourth-order valence-corrected chi connectivity index (χ4v) is 4.22. The average molecular weight is 476 g/mol. The molecule has 1 atom stereocenters. The average Bonchev–Trinajstić information content (AvgIpc) is 3.23. The predicted molar refractivity (Wildman–Crippen MR) is 137 cm³/mol. The molecule has 0 fully saturated rings. The van der Waals surface area contributed by atoms with Gasteiger partial charge in [-0.1, -0.05) is 18.1 Å². The molecule has 0 amide bonds. The van der Waals surface area contributed by atoms with Crippen molar-refractivity contribution in [3.63, 3.8) is 0 Å². The van der Waals surface area contributed by atoms with Crippen LogP contribution in [0.25, 0.3) is 22.1 Å². The van der Waals surface area contributed by atoms with Gasteiger partial charge in [-0.15, -0.1) is 5.92 Å². The number of anilines is 1. The molecule has 4 aromatic rings. The lowest BCUT2D eigenvalue weighted by molar-refractivity contribution is 0.418. The smallest absolute Gasteiger partial charge is 0.332 e. The number of nitrogens with two attached hydrogens (primary N) is 1. The fourth-order valence-electron chi connectivity index (χ4n) is 4.22. The highest BCUT2D eigenvalue weighted by Crippen LogP contribution is 2.25. The molecule has 0 saturated heterocycles. The van der Waals surface area contributed by atoms with E-state index in [2.05, 4.69) is 21.8 Å². The SMILES string of the molecule is CC#CCn1c(N(C)CC(C)N)nc2c1c(=O)n(Cc1cc(OC)c3ccccc3n1)c(=O)n2C. The molecule has 10 heteroatoms. The van der Waals surface area contributed by atoms with Crippen LogP contribution in [-0.2, 0) is 20.1 Å². The summed E-state index contributed by atoms with van der Waals surface area (Å²) in [6.07, 6.45) is 0. The molecule has 2 N–H and O–H groups in total. The topological polar surface area (TPSA) is 113 Å². The van der Waals surface area contributed by atoms with Crippen LogP contribution in [0.15, 0.2) is 39.9 Å². The van der Waals surface area contributed by atoms with Gasteiger partial charge < -0.3 is 15.4 Å². The van der Waals surface area contributed by atoms with Crippen molar-refractivity contribution in [1.29, 1.82) is 0 Å². The number of benzene rings is 1.